The number of aryl methyl sites for hydroxylation is 1. The number of nitrogens with two attached hydrogens (primary N) is 1. The third-order valence-corrected chi connectivity index (χ3v) is 3.72. The van der Waals surface area contributed by atoms with Gasteiger partial charge in [0.2, 0.25) is 0 Å². The lowest BCUT2D eigenvalue weighted by atomic mass is 9.99. The lowest BCUT2D eigenvalue weighted by Gasteiger charge is -2.10. The molecule has 0 radical (unpaired) electrons. The lowest BCUT2D eigenvalue weighted by Crippen LogP contribution is -2.07. The van der Waals surface area contributed by atoms with E-state index >= 15 is 0 Å². The second-order valence-electron chi connectivity index (χ2n) is 4.44. The number of rotatable bonds is 4. The average molecular weight is 334 g/mol. The Morgan fingerprint density at radius 2 is 2.00 bits per heavy atom. The van der Waals surface area contributed by atoms with E-state index in [9.17, 15) is 4.79 Å². The Balaban J connectivity index is 2.41. The molecule has 2 N–H and O–H groups in total. The molecule has 0 heterocycles. The van der Waals surface area contributed by atoms with Crippen molar-refractivity contribution >= 4 is 27.4 Å². The summed E-state index contributed by atoms with van der Waals surface area (Å²) in [5, 5.41) is 0. The van der Waals surface area contributed by atoms with Crippen molar-refractivity contribution in [1.82, 2.24) is 0 Å². The largest absolute Gasteiger partial charge is 0.494 e. The van der Waals surface area contributed by atoms with Gasteiger partial charge < -0.3 is 10.5 Å². The maximum atomic E-state index is 12.6. The van der Waals surface area contributed by atoms with Crippen molar-refractivity contribution in [2.45, 2.75) is 13.8 Å². The van der Waals surface area contributed by atoms with Gasteiger partial charge in [0, 0.05) is 21.3 Å². The molecule has 0 spiro atoms. The topological polar surface area (TPSA) is 52.3 Å². The molecule has 0 unspecified atom stereocenters. The van der Waals surface area contributed by atoms with Crippen LogP contribution in [0.15, 0.2) is 40.9 Å². The number of carbonyl (C=O) groups is 1. The van der Waals surface area contributed by atoms with Gasteiger partial charge in [-0.25, -0.2) is 0 Å². The summed E-state index contributed by atoms with van der Waals surface area (Å²) in [6, 6.07) is 10.8. The molecule has 4 heteroatoms. The van der Waals surface area contributed by atoms with Gasteiger partial charge in [0.15, 0.2) is 5.78 Å². The Morgan fingerprint density at radius 1 is 1.25 bits per heavy atom. The quantitative estimate of drug-likeness (QED) is 0.680. The monoisotopic (exact) mass is 333 g/mol. The molecule has 0 fully saturated rings. The Bertz CT molecular complexity index is 653. The van der Waals surface area contributed by atoms with Gasteiger partial charge in [0.05, 0.1) is 6.61 Å². The van der Waals surface area contributed by atoms with Gasteiger partial charge >= 0.3 is 0 Å². The van der Waals surface area contributed by atoms with Crippen LogP contribution in [-0.2, 0) is 0 Å². The SMILES string of the molecule is CCOc1ccc(C(=O)c2cccc(C)c2N)c(Br)c1. The number of carbonyl (C=O) groups excluding carboxylic acids is 1. The summed E-state index contributed by atoms with van der Waals surface area (Å²) in [5.41, 5.74) is 8.51. The van der Waals surface area contributed by atoms with Crippen LogP contribution in [0.25, 0.3) is 0 Å². The van der Waals surface area contributed by atoms with Crippen molar-refractivity contribution in [1.29, 1.82) is 0 Å². The molecule has 0 bridgehead atoms. The predicted octanol–water partition coefficient (Wildman–Crippen LogP) is 3.97. The van der Waals surface area contributed by atoms with Gasteiger partial charge in [-0.15, -0.1) is 0 Å². The highest BCUT2D eigenvalue weighted by Crippen LogP contribution is 2.27. The zero-order chi connectivity index (χ0) is 14.7. The van der Waals surface area contributed by atoms with E-state index in [1.54, 1.807) is 24.3 Å². The molecule has 20 heavy (non-hydrogen) atoms. The number of benzene rings is 2. The molecular formula is C16H16BrNO2. The number of hydrogen-bond donors (Lipinski definition) is 1. The third kappa shape index (κ3) is 2.85. The predicted molar refractivity (Wildman–Crippen MR) is 84.3 cm³/mol. The third-order valence-electron chi connectivity index (χ3n) is 3.06. The fraction of sp³-hybridized carbons (Fsp3) is 0.188. The minimum absolute atomic E-state index is 0.0962. The van der Waals surface area contributed by atoms with Gasteiger partial charge in [-0.1, -0.05) is 12.1 Å². The molecule has 0 aliphatic heterocycles. The van der Waals surface area contributed by atoms with Crippen molar-refractivity contribution < 1.29 is 9.53 Å². The molecule has 0 aliphatic rings. The maximum Gasteiger partial charge on any atom is 0.196 e. The van der Waals surface area contributed by atoms with Gasteiger partial charge in [-0.2, -0.15) is 0 Å². The number of nitrogen functional groups attached to an aromatic ring is 1. The Kier molecular flexibility index (Phi) is 4.45. The van der Waals surface area contributed by atoms with Crippen LogP contribution in [0.4, 0.5) is 5.69 Å². The van der Waals surface area contributed by atoms with E-state index < -0.39 is 0 Å². The van der Waals surface area contributed by atoms with Crippen LogP contribution in [-0.4, -0.2) is 12.4 Å². The van der Waals surface area contributed by atoms with Crippen LogP contribution in [0.3, 0.4) is 0 Å². The maximum absolute atomic E-state index is 12.6. The van der Waals surface area contributed by atoms with Crippen LogP contribution >= 0.6 is 15.9 Å². The van der Waals surface area contributed by atoms with Crippen molar-refractivity contribution in [3.05, 3.63) is 57.6 Å². The zero-order valence-electron chi connectivity index (χ0n) is 11.4. The molecule has 0 aromatic heterocycles. The number of halogens is 1. The van der Waals surface area contributed by atoms with Crippen molar-refractivity contribution in [3.63, 3.8) is 0 Å². The normalized spacial score (nSPS) is 10.3. The molecule has 3 nitrogen and oxygen atoms in total. The molecule has 0 aliphatic carbocycles. The number of ketones is 1. The highest BCUT2D eigenvalue weighted by molar-refractivity contribution is 9.10. The van der Waals surface area contributed by atoms with Crippen molar-refractivity contribution in [3.8, 4) is 5.75 Å². The number of ether oxygens (including phenoxy) is 1. The smallest absolute Gasteiger partial charge is 0.196 e. The highest BCUT2D eigenvalue weighted by Gasteiger charge is 2.16. The fourth-order valence-corrected chi connectivity index (χ4v) is 2.50. The van der Waals surface area contributed by atoms with E-state index in [1.807, 2.05) is 26.0 Å². The molecule has 2 aromatic carbocycles. The van der Waals surface area contributed by atoms with Crippen molar-refractivity contribution in [2.24, 2.45) is 0 Å². The molecular weight excluding hydrogens is 318 g/mol. The molecule has 0 atom stereocenters. The first-order valence-corrected chi connectivity index (χ1v) is 7.16. The van der Waals surface area contributed by atoms with Crippen LogP contribution in [0.5, 0.6) is 5.75 Å². The summed E-state index contributed by atoms with van der Waals surface area (Å²) in [6.07, 6.45) is 0. The molecule has 0 saturated carbocycles. The Labute approximate surface area is 126 Å². The first-order chi connectivity index (χ1) is 9.54. The number of anilines is 1. The minimum atomic E-state index is -0.0962. The number of para-hydroxylation sites is 1. The van der Waals surface area contributed by atoms with Gasteiger partial charge in [0.25, 0.3) is 0 Å². The highest BCUT2D eigenvalue weighted by atomic mass is 79.9. The summed E-state index contributed by atoms with van der Waals surface area (Å²) < 4.78 is 6.11. The zero-order valence-corrected chi connectivity index (χ0v) is 13.0. The van der Waals surface area contributed by atoms with Gasteiger partial charge in [-0.3, -0.25) is 4.79 Å². The summed E-state index contributed by atoms with van der Waals surface area (Å²) >= 11 is 3.42. The second kappa shape index (κ2) is 6.09. The molecule has 0 saturated heterocycles. The van der Waals surface area contributed by atoms with E-state index in [0.29, 0.717) is 27.9 Å². The second-order valence-corrected chi connectivity index (χ2v) is 5.29. The van der Waals surface area contributed by atoms with Crippen LogP contribution in [0.2, 0.25) is 0 Å². The molecule has 0 amide bonds. The van der Waals surface area contributed by atoms with E-state index in [0.717, 1.165) is 11.3 Å². The molecule has 2 rings (SSSR count). The van der Waals surface area contributed by atoms with E-state index in [-0.39, 0.29) is 5.78 Å². The Hall–Kier alpha value is -1.81. The molecule has 104 valence electrons. The van der Waals surface area contributed by atoms with Gasteiger partial charge in [0.1, 0.15) is 5.75 Å². The van der Waals surface area contributed by atoms with E-state index in [1.165, 1.54) is 0 Å². The van der Waals surface area contributed by atoms with E-state index in [4.69, 9.17) is 10.5 Å². The summed E-state index contributed by atoms with van der Waals surface area (Å²) in [4.78, 5) is 12.6. The fourth-order valence-electron chi connectivity index (χ4n) is 1.96. The lowest BCUT2D eigenvalue weighted by molar-refractivity contribution is 0.103. The van der Waals surface area contributed by atoms with Crippen LogP contribution in [0, 0.1) is 6.92 Å². The Morgan fingerprint density at radius 3 is 2.65 bits per heavy atom. The standard InChI is InChI=1S/C16H16BrNO2/c1-3-20-11-7-8-12(14(17)9-11)16(19)13-6-4-5-10(2)15(13)18/h4-9H,3,18H2,1-2H3. The van der Waals surface area contributed by atoms with Crippen LogP contribution < -0.4 is 10.5 Å². The van der Waals surface area contributed by atoms with Crippen molar-refractivity contribution in [2.75, 3.05) is 12.3 Å². The van der Waals surface area contributed by atoms with Crippen LogP contribution in [0.1, 0.15) is 28.4 Å². The summed E-state index contributed by atoms with van der Waals surface area (Å²) in [7, 11) is 0. The van der Waals surface area contributed by atoms with E-state index in [2.05, 4.69) is 15.9 Å². The summed E-state index contributed by atoms with van der Waals surface area (Å²) in [5.74, 6) is 0.634. The first kappa shape index (κ1) is 14.6. The first-order valence-electron chi connectivity index (χ1n) is 6.36. The van der Waals surface area contributed by atoms with Gasteiger partial charge in [-0.05, 0) is 59.6 Å². The minimum Gasteiger partial charge on any atom is -0.494 e. The molecule has 2 aromatic rings. The average Bonchev–Trinajstić information content (AvgIpc) is 2.42. The summed E-state index contributed by atoms with van der Waals surface area (Å²) in [6.45, 7) is 4.39. The number of hydrogen-bond acceptors (Lipinski definition) is 3.